The van der Waals surface area contributed by atoms with Gasteiger partial charge >= 0.3 is 0 Å². The van der Waals surface area contributed by atoms with E-state index in [0.717, 1.165) is 39.0 Å². The number of anilines is 1. The lowest BCUT2D eigenvalue weighted by Gasteiger charge is -2.37. The number of carbonyl (C=O) groups excluding carboxylic acids is 1. The summed E-state index contributed by atoms with van der Waals surface area (Å²) < 4.78 is 13.8. The van der Waals surface area contributed by atoms with Crippen molar-refractivity contribution < 1.29 is 9.18 Å². The highest BCUT2D eigenvalue weighted by Crippen LogP contribution is 2.38. The van der Waals surface area contributed by atoms with E-state index in [1.807, 2.05) is 6.07 Å². The predicted octanol–water partition coefficient (Wildman–Crippen LogP) is 3.10. The van der Waals surface area contributed by atoms with Crippen LogP contribution in [0.5, 0.6) is 0 Å². The Labute approximate surface area is 149 Å². The molecule has 0 bridgehead atoms. The van der Waals surface area contributed by atoms with Crippen LogP contribution in [-0.4, -0.2) is 54.0 Å². The highest BCUT2D eigenvalue weighted by Gasteiger charge is 2.43. The Hall–Kier alpha value is -1.62. The molecule has 136 valence electrons. The number of piperidine rings is 1. The number of hydrogen-bond donors (Lipinski definition) is 1. The maximum atomic E-state index is 13.8. The number of hydrogen-bond acceptors (Lipinski definition) is 3. The smallest absolute Gasteiger partial charge is 0.240 e. The Kier molecular flexibility index (Phi) is 4.93. The topological polar surface area (TPSA) is 35.6 Å². The number of nitrogens with zero attached hydrogens (tertiary/aromatic N) is 2. The largest absolute Gasteiger partial charge is 0.380 e. The zero-order chi connectivity index (χ0) is 17.2. The van der Waals surface area contributed by atoms with Crippen molar-refractivity contribution >= 4 is 11.6 Å². The lowest BCUT2D eigenvalue weighted by Crippen LogP contribution is -2.52. The maximum absolute atomic E-state index is 13.8. The van der Waals surface area contributed by atoms with Gasteiger partial charge in [0, 0.05) is 19.1 Å². The molecule has 1 aliphatic carbocycles. The van der Waals surface area contributed by atoms with Gasteiger partial charge in [0.05, 0.1) is 11.7 Å². The lowest BCUT2D eigenvalue weighted by atomic mass is 10.0. The van der Waals surface area contributed by atoms with Crippen LogP contribution in [0.2, 0.25) is 0 Å². The molecular weight excluding hydrogens is 317 g/mol. The van der Waals surface area contributed by atoms with E-state index in [2.05, 4.69) is 15.1 Å². The van der Waals surface area contributed by atoms with Gasteiger partial charge in [0.1, 0.15) is 5.82 Å². The number of amides is 1. The Balaban J connectivity index is 1.33. The first kappa shape index (κ1) is 16.8. The first-order chi connectivity index (χ1) is 12.2. The van der Waals surface area contributed by atoms with E-state index in [1.165, 1.54) is 31.7 Å². The van der Waals surface area contributed by atoms with Gasteiger partial charge in [-0.05, 0) is 69.7 Å². The van der Waals surface area contributed by atoms with Crippen molar-refractivity contribution in [2.24, 2.45) is 5.92 Å². The summed E-state index contributed by atoms with van der Waals surface area (Å²) in [6.45, 7) is 3.72. The summed E-state index contributed by atoms with van der Waals surface area (Å²) in [6, 6.07) is 7.18. The molecule has 1 saturated carbocycles. The van der Waals surface area contributed by atoms with E-state index < -0.39 is 0 Å². The van der Waals surface area contributed by atoms with E-state index in [1.54, 1.807) is 12.1 Å². The van der Waals surface area contributed by atoms with E-state index in [0.29, 0.717) is 17.5 Å². The second-order valence-corrected chi connectivity index (χ2v) is 7.75. The third kappa shape index (κ3) is 3.81. The van der Waals surface area contributed by atoms with Gasteiger partial charge in [-0.2, -0.15) is 0 Å². The molecule has 5 heteroatoms. The first-order valence-electron chi connectivity index (χ1n) is 9.76. The van der Waals surface area contributed by atoms with Crippen molar-refractivity contribution in [3.05, 3.63) is 30.1 Å². The van der Waals surface area contributed by atoms with Crippen LogP contribution >= 0.6 is 0 Å². The van der Waals surface area contributed by atoms with E-state index in [9.17, 15) is 9.18 Å². The standard InChI is InChI=1S/C20H28FN3O/c21-17-5-1-2-6-18(17)22-16-9-13-24(14-10-16)20(25)19(15-7-8-15)23-11-3-4-12-23/h1-2,5-6,15-16,19,22H,3-4,7-14H2/t19-/m0/s1. The van der Waals surface area contributed by atoms with E-state index >= 15 is 0 Å². The highest BCUT2D eigenvalue weighted by molar-refractivity contribution is 5.82. The third-order valence-corrected chi connectivity index (χ3v) is 5.90. The minimum absolute atomic E-state index is 0.124. The molecule has 1 amide bonds. The molecular formula is C20H28FN3O. The minimum Gasteiger partial charge on any atom is -0.380 e. The minimum atomic E-state index is -0.205. The third-order valence-electron chi connectivity index (χ3n) is 5.90. The summed E-state index contributed by atoms with van der Waals surface area (Å²) >= 11 is 0. The van der Waals surface area contributed by atoms with Gasteiger partial charge in [0.15, 0.2) is 0 Å². The average Bonchev–Trinajstić information content (AvgIpc) is 3.31. The van der Waals surface area contributed by atoms with E-state index in [-0.39, 0.29) is 17.9 Å². The van der Waals surface area contributed by atoms with Gasteiger partial charge in [-0.25, -0.2) is 4.39 Å². The summed E-state index contributed by atoms with van der Waals surface area (Å²) in [6.07, 6.45) is 6.64. The quantitative estimate of drug-likeness (QED) is 0.891. The summed E-state index contributed by atoms with van der Waals surface area (Å²) in [7, 11) is 0. The monoisotopic (exact) mass is 345 g/mol. The molecule has 0 radical (unpaired) electrons. The molecule has 0 spiro atoms. The van der Waals surface area contributed by atoms with Gasteiger partial charge in [-0.15, -0.1) is 0 Å². The molecule has 25 heavy (non-hydrogen) atoms. The lowest BCUT2D eigenvalue weighted by molar-refractivity contribution is -0.138. The van der Waals surface area contributed by atoms with Crippen molar-refractivity contribution in [1.82, 2.24) is 9.80 Å². The summed E-state index contributed by atoms with van der Waals surface area (Å²) in [5.41, 5.74) is 0.570. The fourth-order valence-corrected chi connectivity index (χ4v) is 4.32. The second kappa shape index (κ2) is 7.32. The molecule has 0 unspecified atom stereocenters. The van der Waals surface area contributed by atoms with Gasteiger partial charge < -0.3 is 10.2 Å². The van der Waals surface area contributed by atoms with Crippen LogP contribution in [0.1, 0.15) is 38.5 Å². The molecule has 4 nitrogen and oxygen atoms in total. The maximum Gasteiger partial charge on any atom is 0.240 e. The molecule has 1 atom stereocenters. The van der Waals surface area contributed by atoms with E-state index in [4.69, 9.17) is 0 Å². The summed E-state index contributed by atoms with van der Waals surface area (Å²) in [5.74, 6) is 0.720. The Morgan fingerprint density at radius 2 is 1.72 bits per heavy atom. The average molecular weight is 345 g/mol. The Morgan fingerprint density at radius 1 is 1.04 bits per heavy atom. The van der Waals surface area contributed by atoms with Crippen molar-refractivity contribution in [1.29, 1.82) is 0 Å². The molecule has 0 aromatic heterocycles. The normalized spacial score (nSPS) is 23.6. The van der Waals surface area contributed by atoms with Crippen LogP contribution in [0.25, 0.3) is 0 Å². The summed E-state index contributed by atoms with van der Waals surface area (Å²) in [4.78, 5) is 17.6. The highest BCUT2D eigenvalue weighted by atomic mass is 19.1. The van der Waals surface area contributed by atoms with Gasteiger partial charge in [-0.1, -0.05) is 12.1 Å². The molecule has 4 rings (SSSR count). The number of halogens is 1. The van der Waals surface area contributed by atoms with Crippen LogP contribution in [-0.2, 0) is 4.79 Å². The Morgan fingerprint density at radius 3 is 2.36 bits per heavy atom. The molecule has 2 saturated heterocycles. The molecule has 1 N–H and O–H groups in total. The number of nitrogens with one attached hydrogen (secondary N) is 1. The molecule has 3 aliphatic rings. The van der Waals surface area contributed by atoms with Crippen molar-refractivity contribution in [2.75, 3.05) is 31.5 Å². The van der Waals surface area contributed by atoms with Crippen LogP contribution in [0.3, 0.4) is 0 Å². The molecule has 2 aliphatic heterocycles. The molecule has 3 fully saturated rings. The van der Waals surface area contributed by atoms with Crippen LogP contribution < -0.4 is 5.32 Å². The number of likely N-dealkylation sites (tertiary alicyclic amines) is 2. The molecule has 1 aromatic rings. The van der Waals surface area contributed by atoms with Crippen molar-refractivity contribution in [3.63, 3.8) is 0 Å². The van der Waals surface area contributed by atoms with Crippen LogP contribution in [0, 0.1) is 11.7 Å². The SMILES string of the molecule is O=C([C@H](C1CC1)N1CCCC1)N1CCC(Nc2ccccc2F)CC1. The van der Waals surface area contributed by atoms with Crippen molar-refractivity contribution in [3.8, 4) is 0 Å². The predicted molar refractivity (Wildman–Crippen MR) is 96.9 cm³/mol. The second-order valence-electron chi connectivity index (χ2n) is 7.75. The number of benzene rings is 1. The fourth-order valence-electron chi connectivity index (χ4n) is 4.32. The van der Waals surface area contributed by atoms with Crippen LogP contribution in [0.15, 0.2) is 24.3 Å². The van der Waals surface area contributed by atoms with Crippen molar-refractivity contribution in [2.45, 2.75) is 50.6 Å². The summed E-state index contributed by atoms with van der Waals surface area (Å²) in [5, 5.41) is 3.30. The molecule has 2 heterocycles. The Bertz CT molecular complexity index is 605. The first-order valence-corrected chi connectivity index (χ1v) is 9.76. The number of carbonyl (C=O) groups is 1. The van der Waals surface area contributed by atoms with Gasteiger partial charge in [0.25, 0.3) is 0 Å². The fraction of sp³-hybridized carbons (Fsp3) is 0.650. The number of para-hydroxylation sites is 1. The van der Waals surface area contributed by atoms with Gasteiger partial charge in [0.2, 0.25) is 5.91 Å². The number of rotatable bonds is 5. The van der Waals surface area contributed by atoms with Crippen LogP contribution in [0.4, 0.5) is 10.1 Å². The zero-order valence-electron chi connectivity index (χ0n) is 14.8. The molecule has 1 aromatic carbocycles. The van der Waals surface area contributed by atoms with Gasteiger partial charge in [-0.3, -0.25) is 9.69 Å². The zero-order valence-corrected chi connectivity index (χ0v) is 14.8.